The minimum absolute atomic E-state index is 1.32. The molecule has 0 N–H and O–H groups in total. The molecule has 0 spiro atoms. The first-order valence-electron chi connectivity index (χ1n) is 3.98. The van der Waals surface area contributed by atoms with Gasteiger partial charge in [-0.1, -0.05) is 30.3 Å². The van der Waals surface area contributed by atoms with Crippen molar-refractivity contribution >= 4 is 22.7 Å². The van der Waals surface area contributed by atoms with Gasteiger partial charge in [-0.2, -0.15) is 0 Å². The van der Waals surface area contributed by atoms with Gasteiger partial charge in [0, 0.05) is 5.56 Å². The zero-order valence-corrected chi connectivity index (χ0v) is 10.3. The van der Waals surface area contributed by atoms with E-state index < -0.39 is 10.2 Å². The Hall–Kier alpha value is -0.600. The molecule has 0 fully saturated rings. The summed E-state index contributed by atoms with van der Waals surface area (Å²) in [6, 6.07) is 10.5. The maximum atomic E-state index is 8.49. The van der Waals surface area contributed by atoms with Gasteiger partial charge < -0.3 is 0 Å². The van der Waals surface area contributed by atoms with Gasteiger partial charge in [-0.3, -0.25) is 0 Å². The lowest BCUT2D eigenvalue weighted by atomic mass is 10.2. The second-order valence-corrected chi connectivity index (χ2v) is 5.29. The topological polar surface area (TPSA) is 92.2 Å². The second-order valence-electron chi connectivity index (χ2n) is 2.58. The Kier molecular flexibility index (Phi) is 5.23. The highest BCUT2D eigenvalue weighted by Gasteiger charge is 2.04. The summed E-state index contributed by atoms with van der Waals surface area (Å²) in [5.41, 5.74) is 1.32. The van der Waals surface area contributed by atoms with E-state index in [2.05, 4.69) is 34.3 Å². The van der Waals surface area contributed by atoms with Gasteiger partial charge in [-0.15, -0.1) is 10.2 Å². The molecule has 1 heterocycles. The van der Waals surface area contributed by atoms with Crippen molar-refractivity contribution in [1.82, 2.24) is 0 Å². The molecule has 0 aliphatic rings. The third-order valence-corrected chi connectivity index (χ3v) is 3.42. The molecular formula is C9H7ClO4S2. The maximum absolute atomic E-state index is 8.49. The van der Waals surface area contributed by atoms with E-state index in [1.54, 1.807) is 22.7 Å². The molecule has 0 unspecified atom stereocenters. The molecule has 0 aliphatic heterocycles. The van der Waals surface area contributed by atoms with Crippen molar-refractivity contribution < 1.29 is 28.9 Å². The summed E-state index contributed by atoms with van der Waals surface area (Å²) >= 11 is 3.55. The van der Waals surface area contributed by atoms with Crippen molar-refractivity contribution in [3.05, 3.63) is 40.4 Å². The normalized spacial score (nSPS) is 10.5. The van der Waals surface area contributed by atoms with Crippen molar-refractivity contribution in [1.29, 1.82) is 0 Å². The fourth-order valence-electron chi connectivity index (χ4n) is 0.935. The van der Waals surface area contributed by atoms with E-state index in [9.17, 15) is 0 Å². The lowest BCUT2D eigenvalue weighted by molar-refractivity contribution is -2.00. The molecule has 0 radical (unpaired) electrons. The van der Waals surface area contributed by atoms with Gasteiger partial charge in [-0.05, 0) is 0 Å². The smallest absolute Gasteiger partial charge is 0.222 e. The van der Waals surface area contributed by atoms with Crippen LogP contribution >= 0.6 is 22.7 Å². The molecule has 0 saturated carbocycles. The largest absolute Gasteiger partial charge is 0.243 e. The van der Waals surface area contributed by atoms with E-state index in [0.717, 1.165) is 0 Å². The fourth-order valence-corrected chi connectivity index (χ4v) is 2.72. The summed E-state index contributed by atoms with van der Waals surface area (Å²) in [7, 11) is -4.94. The Labute approximate surface area is 102 Å². The van der Waals surface area contributed by atoms with Gasteiger partial charge in [0.15, 0.2) is 4.88 Å². The molecule has 2 aromatic rings. The average molecular weight is 279 g/mol. The highest BCUT2D eigenvalue weighted by molar-refractivity contribution is 7.29. The van der Waals surface area contributed by atoms with Crippen LogP contribution in [0.15, 0.2) is 40.4 Å². The molecule has 4 nitrogen and oxygen atoms in total. The van der Waals surface area contributed by atoms with Gasteiger partial charge in [0.2, 0.25) is 4.69 Å². The molecular weight excluding hydrogens is 272 g/mol. The van der Waals surface area contributed by atoms with E-state index >= 15 is 0 Å². The third kappa shape index (κ3) is 6.09. The Morgan fingerprint density at radius 1 is 1.00 bits per heavy atom. The van der Waals surface area contributed by atoms with E-state index in [1.807, 2.05) is 6.07 Å². The number of benzene rings is 1. The predicted molar refractivity (Wildman–Crippen MR) is 52.0 cm³/mol. The van der Waals surface area contributed by atoms with Crippen molar-refractivity contribution in [3.8, 4) is 10.4 Å². The standard InChI is InChI=1S/C9H7S2.ClHO4/c1-2-4-8(5-3-1)9-6-10-7-11-9;2-1(3,4)5/h1-7H;(H,2,3,4,5)/q+1;/p-1. The van der Waals surface area contributed by atoms with E-state index in [-0.39, 0.29) is 0 Å². The van der Waals surface area contributed by atoms with Gasteiger partial charge >= 0.3 is 0 Å². The lowest BCUT2D eigenvalue weighted by Gasteiger charge is -2.17. The molecule has 2 rings (SSSR count). The first kappa shape index (κ1) is 13.5. The minimum Gasteiger partial charge on any atom is -0.222 e. The highest BCUT2D eigenvalue weighted by Crippen LogP contribution is 2.26. The van der Waals surface area contributed by atoms with Crippen molar-refractivity contribution in [3.63, 3.8) is 0 Å². The number of hydrogen-bond acceptors (Lipinski definition) is 5. The molecule has 0 saturated heterocycles. The van der Waals surface area contributed by atoms with Crippen LogP contribution < -0.4 is 18.6 Å². The first-order chi connectivity index (χ1) is 7.47. The van der Waals surface area contributed by atoms with Crippen LogP contribution in [0.5, 0.6) is 0 Å². The Morgan fingerprint density at radius 3 is 2.00 bits per heavy atom. The summed E-state index contributed by atoms with van der Waals surface area (Å²) in [6.45, 7) is 0. The SMILES string of the molecule is [O-][Cl+3]([O-])([O-])[O-].c1ccc(-c2c[s+]cs2)cc1. The monoisotopic (exact) mass is 278 g/mol. The van der Waals surface area contributed by atoms with E-state index in [1.165, 1.54) is 10.4 Å². The van der Waals surface area contributed by atoms with E-state index in [0.29, 0.717) is 0 Å². The first-order valence-corrected chi connectivity index (χ1v) is 7.03. The van der Waals surface area contributed by atoms with Crippen molar-refractivity contribution in [2.24, 2.45) is 0 Å². The summed E-state index contributed by atoms with van der Waals surface area (Å²) in [4.78, 5) is 1.36. The van der Waals surface area contributed by atoms with Crippen LogP contribution in [-0.4, -0.2) is 0 Å². The van der Waals surface area contributed by atoms with Crippen molar-refractivity contribution in [2.75, 3.05) is 0 Å². The Bertz CT molecular complexity index is 393. The maximum Gasteiger partial charge on any atom is 0.243 e. The van der Waals surface area contributed by atoms with Crippen LogP contribution in [-0.2, 0) is 0 Å². The number of halogens is 1. The van der Waals surface area contributed by atoms with Gasteiger partial charge in [-0.25, -0.2) is 18.6 Å². The van der Waals surface area contributed by atoms with Gasteiger partial charge in [0.05, 0.1) is 22.7 Å². The molecule has 0 atom stereocenters. The van der Waals surface area contributed by atoms with Crippen LogP contribution in [0.25, 0.3) is 10.4 Å². The molecule has 0 bridgehead atoms. The average Bonchev–Trinajstić information content (AvgIpc) is 2.69. The Balaban J connectivity index is 0.000000221. The highest BCUT2D eigenvalue weighted by atomic mass is 35.7. The molecule has 1 aromatic carbocycles. The van der Waals surface area contributed by atoms with Gasteiger partial charge in [0.1, 0.15) is 5.38 Å². The minimum atomic E-state index is -4.94. The molecule has 16 heavy (non-hydrogen) atoms. The molecule has 0 aliphatic carbocycles. The summed E-state index contributed by atoms with van der Waals surface area (Å²) < 4.78 is 36.1. The molecule has 86 valence electrons. The zero-order valence-electron chi connectivity index (χ0n) is 7.87. The second kappa shape index (κ2) is 6.21. The van der Waals surface area contributed by atoms with Gasteiger partial charge in [0.25, 0.3) is 0 Å². The summed E-state index contributed by atoms with van der Waals surface area (Å²) in [6.07, 6.45) is 0. The van der Waals surface area contributed by atoms with Crippen molar-refractivity contribution in [2.45, 2.75) is 0 Å². The van der Waals surface area contributed by atoms with Crippen LogP contribution in [0.3, 0.4) is 0 Å². The predicted octanol–water partition coefficient (Wildman–Crippen LogP) is -0.998. The fraction of sp³-hybridized carbons (Fsp3) is 0. The lowest BCUT2D eigenvalue weighted by Crippen LogP contribution is -2.68. The van der Waals surface area contributed by atoms with Crippen LogP contribution in [0.2, 0.25) is 0 Å². The number of hydrogen-bond donors (Lipinski definition) is 0. The molecule has 1 aromatic heterocycles. The zero-order chi connectivity index (χ0) is 12.0. The quantitative estimate of drug-likeness (QED) is 0.626. The Morgan fingerprint density at radius 2 is 1.56 bits per heavy atom. The van der Waals surface area contributed by atoms with E-state index in [4.69, 9.17) is 18.6 Å². The summed E-state index contributed by atoms with van der Waals surface area (Å²) in [5, 5.41) is 2.18. The van der Waals surface area contributed by atoms with Crippen LogP contribution in [0, 0.1) is 10.2 Å². The van der Waals surface area contributed by atoms with Crippen LogP contribution in [0.4, 0.5) is 0 Å². The number of rotatable bonds is 1. The molecule has 7 heteroatoms. The van der Waals surface area contributed by atoms with Crippen LogP contribution in [0.1, 0.15) is 0 Å². The summed E-state index contributed by atoms with van der Waals surface area (Å²) in [5.74, 6) is 0. The molecule has 0 amide bonds. The third-order valence-electron chi connectivity index (χ3n) is 1.46.